The molecule has 94 valence electrons. The van der Waals surface area contributed by atoms with Crippen LogP contribution in [0.15, 0.2) is 22.7 Å². The molecule has 0 spiro atoms. The number of hydrogen-bond donors (Lipinski definition) is 1. The summed E-state index contributed by atoms with van der Waals surface area (Å²) in [6.07, 6.45) is 2.50. The minimum atomic E-state index is 0.166. The van der Waals surface area contributed by atoms with Crippen molar-refractivity contribution in [2.75, 3.05) is 20.6 Å². The third kappa shape index (κ3) is 2.90. The van der Waals surface area contributed by atoms with Gasteiger partial charge in [-0.3, -0.25) is 0 Å². The number of rotatable bonds is 3. The van der Waals surface area contributed by atoms with E-state index >= 15 is 0 Å². The lowest BCUT2D eigenvalue weighted by molar-refractivity contribution is 0.400. The van der Waals surface area contributed by atoms with Gasteiger partial charge < -0.3 is 10.2 Å². The van der Waals surface area contributed by atoms with E-state index in [0.29, 0.717) is 0 Å². The van der Waals surface area contributed by atoms with Crippen LogP contribution in [0.4, 0.5) is 0 Å². The first-order valence-electron chi connectivity index (χ1n) is 6.20. The Bertz CT molecular complexity index is 395. The Morgan fingerprint density at radius 2 is 2.18 bits per heavy atom. The quantitative estimate of drug-likeness (QED) is 0.922. The van der Waals surface area contributed by atoms with E-state index in [1.807, 2.05) is 0 Å². The van der Waals surface area contributed by atoms with Crippen LogP contribution in [0, 0.1) is 0 Å². The van der Waals surface area contributed by atoms with Crippen molar-refractivity contribution in [3.05, 3.63) is 33.8 Å². The van der Waals surface area contributed by atoms with E-state index in [0.717, 1.165) is 13.1 Å². The first-order valence-corrected chi connectivity index (χ1v) is 6.99. The van der Waals surface area contributed by atoms with Gasteiger partial charge in [0.2, 0.25) is 0 Å². The fourth-order valence-corrected chi connectivity index (χ4v) is 3.00. The van der Waals surface area contributed by atoms with Crippen LogP contribution in [-0.4, -0.2) is 25.5 Å². The second-order valence-electron chi connectivity index (χ2n) is 5.41. The summed E-state index contributed by atoms with van der Waals surface area (Å²) in [7, 11) is 4.19. The molecule has 0 aromatic heterocycles. The standard InChI is InChI=1S/C14H21BrN2/c1-14(7-4-8-16-14)12-6-5-11(10-17(2)3)13(15)9-12/h5-6,9,16H,4,7-8,10H2,1-3H3. The fraction of sp³-hybridized carbons (Fsp3) is 0.571. The first kappa shape index (κ1) is 13.1. The van der Waals surface area contributed by atoms with E-state index in [9.17, 15) is 0 Å². The van der Waals surface area contributed by atoms with E-state index in [1.54, 1.807) is 0 Å². The molecule has 1 aliphatic heterocycles. The van der Waals surface area contributed by atoms with Crippen LogP contribution in [0.5, 0.6) is 0 Å². The molecule has 1 aromatic rings. The van der Waals surface area contributed by atoms with Gasteiger partial charge in [-0.2, -0.15) is 0 Å². The molecule has 1 fully saturated rings. The van der Waals surface area contributed by atoms with Crippen LogP contribution in [0.1, 0.15) is 30.9 Å². The lowest BCUT2D eigenvalue weighted by atomic mass is 9.90. The summed E-state index contributed by atoms with van der Waals surface area (Å²) in [4.78, 5) is 2.19. The van der Waals surface area contributed by atoms with Crippen molar-refractivity contribution >= 4 is 15.9 Å². The Kier molecular flexibility index (Phi) is 3.91. The van der Waals surface area contributed by atoms with Gasteiger partial charge in [0.25, 0.3) is 0 Å². The van der Waals surface area contributed by atoms with Crippen molar-refractivity contribution in [3.8, 4) is 0 Å². The molecule has 0 saturated carbocycles. The van der Waals surface area contributed by atoms with Gasteiger partial charge in [-0.25, -0.2) is 0 Å². The molecule has 1 unspecified atom stereocenters. The number of nitrogens with zero attached hydrogens (tertiary/aromatic N) is 1. The van der Waals surface area contributed by atoms with Gasteiger partial charge >= 0.3 is 0 Å². The van der Waals surface area contributed by atoms with Gasteiger partial charge in [-0.05, 0) is 57.6 Å². The molecule has 1 aliphatic rings. The molecule has 0 amide bonds. The summed E-state index contributed by atoms with van der Waals surface area (Å²) in [5, 5.41) is 3.61. The lowest BCUT2D eigenvalue weighted by Crippen LogP contribution is -2.33. The van der Waals surface area contributed by atoms with Crippen molar-refractivity contribution in [3.63, 3.8) is 0 Å². The topological polar surface area (TPSA) is 15.3 Å². The predicted molar refractivity (Wildman–Crippen MR) is 76.1 cm³/mol. The van der Waals surface area contributed by atoms with E-state index in [4.69, 9.17) is 0 Å². The molecular weight excluding hydrogens is 276 g/mol. The molecule has 2 nitrogen and oxygen atoms in total. The minimum absolute atomic E-state index is 0.166. The van der Waals surface area contributed by atoms with Crippen LogP contribution < -0.4 is 5.32 Å². The molecule has 1 N–H and O–H groups in total. The van der Waals surface area contributed by atoms with E-state index in [1.165, 1.54) is 28.4 Å². The largest absolute Gasteiger partial charge is 0.308 e. The van der Waals surface area contributed by atoms with Gasteiger partial charge in [-0.15, -0.1) is 0 Å². The van der Waals surface area contributed by atoms with Crippen LogP contribution in [0.3, 0.4) is 0 Å². The SMILES string of the molecule is CN(C)Cc1ccc(C2(C)CCCN2)cc1Br. The summed E-state index contributed by atoms with van der Waals surface area (Å²) < 4.78 is 1.22. The molecule has 1 saturated heterocycles. The molecule has 0 radical (unpaired) electrons. The Morgan fingerprint density at radius 3 is 2.71 bits per heavy atom. The van der Waals surface area contributed by atoms with E-state index in [-0.39, 0.29) is 5.54 Å². The maximum atomic E-state index is 3.69. The zero-order valence-corrected chi connectivity index (χ0v) is 12.5. The lowest BCUT2D eigenvalue weighted by Gasteiger charge is -2.26. The molecule has 0 aliphatic carbocycles. The van der Waals surface area contributed by atoms with Crippen LogP contribution in [0.2, 0.25) is 0 Å². The molecule has 2 rings (SSSR count). The molecule has 1 atom stereocenters. The van der Waals surface area contributed by atoms with Gasteiger partial charge in [-0.1, -0.05) is 28.1 Å². The summed E-state index contributed by atoms with van der Waals surface area (Å²) >= 11 is 3.69. The summed E-state index contributed by atoms with van der Waals surface area (Å²) in [5.74, 6) is 0. The van der Waals surface area contributed by atoms with E-state index in [2.05, 4.69) is 65.4 Å². The Hall–Kier alpha value is -0.380. The Balaban J connectivity index is 2.24. The highest BCUT2D eigenvalue weighted by Gasteiger charge is 2.30. The molecule has 17 heavy (non-hydrogen) atoms. The molecule has 1 heterocycles. The van der Waals surface area contributed by atoms with Gasteiger partial charge in [0, 0.05) is 16.6 Å². The third-order valence-electron chi connectivity index (χ3n) is 3.55. The summed E-state index contributed by atoms with van der Waals surface area (Å²) in [6, 6.07) is 6.78. The highest BCUT2D eigenvalue weighted by atomic mass is 79.9. The number of halogens is 1. The van der Waals surface area contributed by atoms with Crippen molar-refractivity contribution < 1.29 is 0 Å². The molecule has 3 heteroatoms. The van der Waals surface area contributed by atoms with E-state index < -0.39 is 0 Å². The van der Waals surface area contributed by atoms with Crippen molar-refractivity contribution in [2.45, 2.75) is 31.8 Å². The van der Waals surface area contributed by atoms with Crippen LogP contribution in [0.25, 0.3) is 0 Å². The van der Waals surface area contributed by atoms with Gasteiger partial charge in [0.05, 0.1) is 0 Å². The summed E-state index contributed by atoms with van der Waals surface area (Å²) in [6.45, 7) is 4.41. The Labute approximate surface area is 113 Å². The molecule has 0 bridgehead atoms. The monoisotopic (exact) mass is 296 g/mol. The summed E-state index contributed by atoms with van der Waals surface area (Å²) in [5.41, 5.74) is 2.91. The maximum absolute atomic E-state index is 3.69. The zero-order chi connectivity index (χ0) is 12.5. The normalized spacial score (nSPS) is 24.5. The highest BCUT2D eigenvalue weighted by Crippen LogP contribution is 2.32. The molecular formula is C14H21BrN2. The average molecular weight is 297 g/mol. The fourth-order valence-electron chi connectivity index (χ4n) is 2.50. The number of hydrogen-bond acceptors (Lipinski definition) is 2. The first-order chi connectivity index (χ1) is 8.01. The second kappa shape index (κ2) is 5.09. The predicted octanol–water partition coefficient (Wildman–Crippen LogP) is 3.11. The van der Waals surface area contributed by atoms with Gasteiger partial charge in [0.1, 0.15) is 0 Å². The zero-order valence-electron chi connectivity index (χ0n) is 10.9. The average Bonchev–Trinajstić information content (AvgIpc) is 2.69. The smallest absolute Gasteiger partial charge is 0.0406 e. The van der Waals surface area contributed by atoms with Crippen molar-refractivity contribution in [1.82, 2.24) is 10.2 Å². The molecule has 1 aromatic carbocycles. The number of benzene rings is 1. The third-order valence-corrected chi connectivity index (χ3v) is 4.28. The minimum Gasteiger partial charge on any atom is -0.308 e. The van der Waals surface area contributed by atoms with Crippen LogP contribution >= 0.6 is 15.9 Å². The van der Waals surface area contributed by atoms with Crippen molar-refractivity contribution in [1.29, 1.82) is 0 Å². The maximum Gasteiger partial charge on any atom is 0.0406 e. The van der Waals surface area contributed by atoms with Crippen molar-refractivity contribution in [2.24, 2.45) is 0 Å². The second-order valence-corrected chi connectivity index (χ2v) is 6.26. The van der Waals surface area contributed by atoms with Gasteiger partial charge in [0.15, 0.2) is 0 Å². The Morgan fingerprint density at radius 1 is 1.41 bits per heavy atom. The highest BCUT2D eigenvalue weighted by molar-refractivity contribution is 9.10. The number of nitrogens with one attached hydrogen (secondary N) is 1. The van der Waals surface area contributed by atoms with Crippen LogP contribution in [-0.2, 0) is 12.1 Å².